The Balaban J connectivity index is 2.21. The molecule has 0 saturated heterocycles. The largest absolute Gasteiger partial charge is 0.324 e. The van der Waals surface area contributed by atoms with Gasteiger partial charge in [-0.3, -0.25) is 0 Å². The molecule has 0 amide bonds. The van der Waals surface area contributed by atoms with E-state index in [9.17, 15) is 0 Å². The van der Waals surface area contributed by atoms with Gasteiger partial charge in [0.05, 0.1) is 16.4 Å². The molecule has 0 N–H and O–H groups in total. The van der Waals surface area contributed by atoms with Crippen molar-refractivity contribution in [3.05, 3.63) is 27.6 Å². The Morgan fingerprint density at radius 1 is 1.39 bits per heavy atom. The number of halogens is 2. The van der Waals surface area contributed by atoms with Crippen LogP contribution in [0.5, 0.6) is 0 Å². The van der Waals surface area contributed by atoms with Gasteiger partial charge >= 0.3 is 0 Å². The number of rotatable bonds is 2. The molecule has 1 saturated carbocycles. The predicted molar refractivity (Wildman–Crippen MR) is 84.2 cm³/mol. The van der Waals surface area contributed by atoms with Gasteiger partial charge in [0.2, 0.25) is 0 Å². The first-order valence-corrected chi connectivity index (χ1v) is 8.00. The van der Waals surface area contributed by atoms with E-state index >= 15 is 0 Å². The van der Waals surface area contributed by atoms with Crippen LogP contribution in [0, 0.1) is 3.57 Å². The molecular formula is C14H16ClIN2. The Labute approximate surface area is 126 Å². The van der Waals surface area contributed by atoms with E-state index in [2.05, 4.69) is 45.4 Å². The molecule has 1 atom stereocenters. The monoisotopic (exact) mass is 374 g/mol. The summed E-state index contributed by atoms with van der Waals surface area (Å²) in [4.78, 5) is 4.74. The minimum Gasteiger partial charge on any atom is -0.324 e. The fraction of sp³-hybridized carbons (Fsp3) is 0.500. The SMILES string of the molecule is CC(Cl)c1nc2cc(I)ccc2n1C1CCCC1. The predicted octanol–water partition coefficient (Wildman–Crippen LogP) is 5.06. The Bertz CT molecular complexity index is 570. The Kier molecular flexibility index (Phi) is 3.54. The number of nitrogens with zero attached hydrogens (tertiary/aromatic N) is 2. The number of fused-ring (bicyclic) bond motifs is 1. The minimum absolute atomic E-state index is 0.0318. The maximum atomic E-state index is 6.31. The van der Waals surface area contributed by atoms with Gasteiger partial charge in [-0.25, -0.2) is 4.98 Å². The summed E-state index contributed by atoms with van der Waals surface area (Å²) in [5, 5.41) is -0.0318. The summed E-state index contributed by atoms with van der Waals surface area (Å²) in [6, 6.07) is 7.07. The van der Waals surface area contributed by atoms with Crippen molar-refractivity contribution < 1.29 is 0 Å². The maximum Gasteiger partial charge on any atom is 0.127 e. The zero-order chi connectivity index (χ0) is 12.7. The lowest BCUT2D eigenvalue weighted by atomic mass is 10.2. The highest BCUT2D eigenvalue weighted by atomic mass is 127. The highest BCUT2D eigenvalue weighted by molar-refractivity contribution is 14.1. The molecule has 0 spiro atoms. The fourth-order valence-electron chi connectivity index (χ4n) is 2.92. The molecule has 1 unspecified atom stereocenters. The van der Waals surface area contributed by atoms with E-state index in [-0.39, 0.29) is 5.38 Å². The van der Waals surface area contributed by atoms with Gasteiger partial charge < -0.3 is 4.57 Å². The van der Waals surface area contributed by atoms with Crippen LogP contribution in [-0.4, -0.2) is 9.55 Å². The molecule has 2 nitrogen and oxygen atoms in total. The molecule has 0 radical (unpaired) electrons. The lowest BCUT2D eigenvalue weighted by Gasteiger charge is -2.17. The van der Waals surface area contributed by atoms with Crippen LogP contribution in [0.3, 0.4) is 0 Å². The lowest BCUT2D eigenvalue weighted by molar-refractivity contribution is 0.510. The average molecular weight is 375 g/mol. The van der Waals surface area contributed by atoms with Gasteiger partial charge in [-0.15, -0.1) is 11.6 Å². The summed E-state index contributed by atoms with van der Waals surface area (Å²) in [6.45, 7) is 2.01. The van der Waals surface area contributed by atoms with E-state index in [4.69, 9.17) is 16.6 Å². The second kappa shape index (κ2) is 5.00. The van der Waals surface area contributed by atoms with Gasteiger partial charge in [0.1, 0.15) is 5.82 Å². The second-order valence-corrected chi connectivity index (χ2v) is 6.93. The van der Waals surface area contributed by atoms with E-state index in [1.54, 1.807) is 0 Å². The molecular weight excluding hydrogens is 359 g/mol. The Morgan fingerprint density at radius 2 is 2.11 bits per heavy atom. The summed E-state index contributed by atoms with van der Waals surface area (Å²) < 4.78 is 3.61. The molecule has 1 heterocycles. The summed E-state index contributed by atoms with van der Waals surface area (Å²) in [5.74, 6) is 1.03. The van der Waals surface area contributed by atoms with E-state index < -0.39 is 0 Å². The molecule has 1 aromatic heterocycles. The van der Waals surface area contributed by atoms with Crippen molar-refractivity contribution in [2.75, 3.05) is 0 Å². The molecule has 3 rings (SSSR count). The number of benzene rings is 1. The highest BCUT2D eigenvalue weighted by Gasteiger charge is 2.24. The van der Waals surface area contributed by atoms with Gasteiger partial charge in [-0.05, 0) is 60.6 Å². The van der Waals surface area contributed by atoms with E-state index in [1.165, 1.54) is 34.8 Å². The average Bonchev–Trinajstić information content (AvgIpc) is 2.92. The van der Waals surface area contributed by atoms with Crippen molar-refractivity contribution in [3.8, 4) is 0 Å². The third-order valence-electron chi connectivity index (χ3n) is 3.72. The molecule has 0 aliphatic heterocycles. The van der Waals surface area contributed by atoms with Crippen LogP contribution in [-0.2, 0) is 0 Å². The smallest absolute Gasteiger partial charge is 0.127 e. The van der Waals surface area contributed by atoms with Gasteiger partial charge in [0.25, 0.3) is 0 Å². The first-order valence-electron chi connectivity index (χ1n) is 6.48. The van der Waals surface area contributed by atoms with Crippen LogP contribution in [0.1, 0.15) is 49.9 Å². The van der Waals surface area contributed by atoms with E-state index in [0.29, 0.717) is 6.04 Å². The molecule has 1 fully saturated rings. The summed E-state index contributed by atoms with van der Waals surface area (Å²) in [5.41, 5.74) is 2.32. The van der Waals surface area contributed by atoms with E-state index in [0.717, 1.165) is 11.3 Å². The molecule has 4 heteroatoms. The van der Waals surface area contributed by atoms with Gasteiger partial charge in [-0.1, -0.05) is 12.8 Å². The molecule has 18 heavy (non-hydrogen) atoms. The van der Waals surface area contributed by atoms with Crippen LogP contribution >= 0.6 is 34.2 Å². The standard InChI is InChI=1S/C14H16ClIN2/c1-9(15)14-17-12-8-10(16)6-7-13(12)18(14)11-4-2-3-5-11/h6-9,11H,2-5H2,1H3. The van der Waals surface area contributed by atoms with Crippen molar-refractivity contribution in [1.29, 1.82) is 0 Å². The van der Waals surface area contributed by atoms with Crippen LogP contribution in [0.4, 0.5) is 0 Å². The Morgan fingerprint density at radius 3 is 2.78 bits per heavy atom. The van der Waals surface area contributed by atoms with Gasteiger partial charge in [0, 0.05) is 9.61 Å². The molecule has 1 aromatic carbocycles. The van der Waals surface area contributed by atoms with Crippen molar-refractivity contribution in [3.63, 3.8) is 0 Å². The number of aromatic nitrogens is 2. The van der Waals surface area contributed by atoms with Crippen molar-refractivity contribution in [2.24, 2.45) is 0 Å². The lowest BCUT2D eigenvalue weighted by Crippen LogP contribution is -2.09. The third-order valence-corrected chi connectivity index (χ3v) is 4.59. The molecule has 1 aliphatic rings. The fourth-order valence-corrected chi connectivity index (χ4v) is 3.55. The zero-order valence-electron chi connectivity index (χ0n) is 10.4. The van der Waals surface area contributed by atoms with Crippen molar-refractivity contribution in [2.45, 2.75) is 44.0 Å². The quantitative estimate of drug-likeness (QED) is 0.531. The topological polar surface area (TPSA) is 17.8 Å². The first-order chi connectivity index (χ1) is 8.66. The molecule has 1 aliphatic carbocycles. The number of alkyl halides is 1. The van der Waals surface area contributed by atoms with Crippen molar-refractivity contribution >= 4 is 45.2 Å². The van der Waals surface area contributed by atoms with Crippen LogP contribution in [0.25, 0.3) is 11.0 Å². The van der Waals surface area contributed by atoms with Crippen LogP contribution in [0.15, 0.2) is 18.2 Å². The third kappa shape index (κ3) is 2.16. The first kappa shape index (κ1) is 12.7. The van der Waals surface area contributed by atoms with Gasteiger partial charge in [0.15, 0.2) is 0 Å². The maximum absolute atomic E-state index is 6.31. The Hall–Kier alpha value is -0.290. The number of imidazole rings is 1. The second-order valence-electron chi connectivity index (χ2n) is 5.03. The summed E-state index contributed by atoms with van der Waals surface area (Å²) in [7, 11) is 0. The molecule has 96 valence electrons. The van der Waals surface area contributed by atoms with Crippen LogP contribution < -0.4 is 0 Å². The van der Waals surface area contributed by atoms with Crippen molar-refractivity contribution in [1.82, 2.24) is 9.55 Å². The zero-order valence-corrected chi connectivity index (χ0v) is 13.3. The molecule has 0 bridgehead atoms. The van der Waals surface area contributed by atoms with Crippen LogP contribution in [0.2, 0.25) is 0 Å². The number of hydrogen-bond donors (Lipinski definition) is 0. The molecule has 2 aromatic rings. The summed E-state index contributed by atoms with van der Waals surface area (Å²) >= 11 is 8.65. The minimum atomic E-state index is -0.0318. The highest BCUT2D eigenvalue weighted by Crippen LogP contribution is 2.36. The normalized spacial score (nSPS) is 18.6. The number of hydrogen-bond acceptors (Lipinski definition) is 1. The van der Waals surface area contributed by atoms with Gasteiger partial charge in [-0.2, -0.15) is 0 Å². The van der Waals surface area contributed by atoms with E-state index in [1.807, 2.05) is 6.92 Å². The summed E-state index contributed by atoms with van der Waals surface area (Å²) in [6.07, 6.45) is 5.16.